The van der Waals surface area contributed by atoms with E-state index in [2.05, 4.69) is 20.1 Å². The summed E-state index contributed by atoms with van der Waals surface area (Å²) in [4.78, 5) is 15.4. The monoisotopic (exact) mass is 401 g/mol. The van der Waals surface area contributed by atoms with Gasteiger partial charge in [-0.3, -0.25) is 4.79 Å². The Morgan fingerprint density at radius 2 is 1.86 bits per heavy atom. The van der Waals surface area contributed by atoms with Gasteiger partial charge in [-0.1, -0.05) is 42.5 Å². The van der Waals surface area contributed by atoms with Crippen molar-refractivity contribution < 1.29 is 18.3 Å². The summed E-state index contributed by atoms with van der Waals surface area (Å²) in [5.41, 5.74) is 1.72. The maximum Gasteiger partial charge on any atom is 0.387 e. The van der Waals surface area contributed by atoms with Crippen LogP contribution in [-0.2, 0) is 17.9 Å². The molecule has 0 aliphatic rings. The van der Waals surface area contributed by atoms with E-state index in [0.717, 1.165) is 11.1 Å². The number of alkyl halides is 2. The molecule has 0 atom stereocenters. The molecule has 152 valence electrons. The van der Waals surface area contributed by atoms with Gasteiger partial charge in [0.05, 0.1) is 6.54 Å². The van der Waals surface area contributed by atoms with Gasteiger partial charge in [-0.05, 0) is 29.3 Å². The van der Waals surface area contributed by atoms with E-state index < -0.39 is 6.61 Å². The highest BCUT2D eigenvalue weighted by Gasteiger charge is 2.11. The minimum absolute atomic E-state index is 0.0266. The Morgan fingerprint density at radius 1 is 1.14 bits per heavy atom. The molecule has 7 nitrogen and oxygen atoms in total. The minimum atomic E-state index is -2.85. The Kier molecular flexibility index (Phi) is 6.83. The molecule has 0 bridgehead atoms. The molecule has 9 heteroatoms. The predicted molar refractivity (Wildman–Crippen MR) is 102 cm³/mol. The van der Waals surface area contributed by atoms with Gasteiger partial charge in [0.2, 0.25) is 11.7 Å². The molecule has 0 aliphatic heterocycles. The molecule has 0 fully saturated rings. The number of benzene rings is 2. The fourth-order valence-electron chi connectivity index (χ4n) is 2.74. The van der Waals surface area contributed by atoms with E-state index in [9.17, 15) is 13.6 Å². The molecule has 0 radical (unpaired) electrons. The highest BCUT2D eigenvalue weighted by molar-refractivity contribution is 5.75. The maximum absolute atomic E-state index is 12.3. The van der Waals surface area contributed by atoms with Gasteiger partial charge in [0.15, 0.2) is 0 Å². The highest BCUT2D eigenvalue weighted by atomic mass is 19.3. The van der Waals surface area contributed by atoms with Crippen molar-refractivity contribution in [3.63, 3.8) is 0 Å². The van der Waals surface area contributed by atoms with E-state index in [1.165, 1.54) is 16.9 Å². The number of hydrogen-bond acceptors (Lipinski definition) is 5. The third kappa shape index (κ3) is 6.06. The van der Waals surface area contributed by atoms with Gasteiger partial charge >= 0.3 is 6.61 Å². The van der Waals surface area contributed by atoms with Crippen LogP contribution in [0, 0.1) is 0 Å². The van der Waals surface area contributed by atoms with Gasteiger partial charge < -0.3 is 9.64 Å². The van der Waals surface area contributed by atoms with E-state index >= 15 is 0 Å². The summed E-state index contributed by atoms with van der Waals surface area (Å²) in [7, 11) is 1.70. The normalized spacial score (nSPS) is 10.9. The molecule has 0 saturated carbocycles. The predicted octanol–water partition coefficient (Wildman–Crippen LogP) is 3.38. The number of nitrogens with zero attached hydrogens (tertiary/aromatic N) is 5. The molecule has 0 N–H and O–H groups in total. The number of tetrazole rings is 1. The van der Waals surface area contributed by atoms with Gasteiger partial charge in [-0.25, -0.2) is 0 Å². The lowest BCUT2D eigenvalue weighted by atomic mass is 10.2. The van der Waals surface area contributed by atoms with Crippen molar-refractivity contribution in [1.82, 2.24) is 25.1 Å². The second kappa shape index (κ2) is 9.72. The first-order chi connectivity index (χ1) is 14.0. The number of rotatable bonds is 9. The second-order valence-corrected chi connectivity index (χ2v) is 6.45. The largest absolute Gasteiger partial charge is 0.435 e. The van der Waals surface area contributed by atoms with Crippen LogP contribution in [0.5, 0.6) is 5.75 Å². The van der Waals surface area contributed by atoms with Crippen molar-refractivity contribution >= 4 is 5.91 Å². The van der Waals surface area contributed by atoms with Crippen LogP contribution < -0.4 is 4.74 Å². The average Bonchev–Trinajstić information content (AvgIpc) is 3.18. The van der Waals surface area contributed by atoms with Crippen molar-refractivity contribution in [3.05, 3.63) is 60.2 Å². The number of aromatic nitrogens is 4. The lowest BCUT2D eigenvalue weighted by Gasteiger charge is -2.17. The molecular weight excluding hydrogens is 380 g/mol. The number of carbonyl (C=O) groups excluding carboxylic acids is 1. The molecule has 0 spiro atoms. The zero-order valence-corrected chi connectivity index (χ0v) is 15.9. The topological polar surface area (TPSA) is 73.1 Å². The van der Waals surface area contributed by atoms with Crippen LogP contribution in [-0.4, -0.2) is 44.7 Å². The molecule has 1 heterocycles. The summed E-state index contributed by atoms with van der Waals surface area (Å²) in [6.45, 7) is -1.99. The van der Waals surface area contributed by atoms with Crippen LogP contribution in [0.3, 0.4) is 0 Å². The molecule has 3 aromatic rings. The zero-order chi connectivity index (χ0) is 20.6. The van der Waals surface area contributed by atoms with E-state index in [1.54, 1.807) is 24.1 Å². The van der Waals surface area contributed by atoms with Gasteiger partial charge in [-0.2, -0.15) is 13.6 Å². The van der Waals surface area contributed by atoms with Crippen LogP contribution in [0.4, 0.5) is 8.78 Å². The van der Waals surface area contributed by atoms with E-state index in [1.807, 2.05) is 30.3 Å². The Morgan fingerprint density at radius 3 is 2.55 bits per heavy atom. The van der Waals surface area contributed by atoms with Crippen molar-refractivity contribution in [1.29, 1.82) is 0 Å². The summed E-state index contributed by atoms with van der Waals surface area (Å²) >= 11 is 0. The number of hydrogen-bond donors (Lipinski definition) is 0. The molecule has 0 aliphatic carbocycles. The van der Waals surface area contributed by atoms with Crippen LogP contribution in [0.2, 0.25) is 0 Å². The minimum Gasteiger partial charge on any atom is -0.435 e. The molecule has 3 rings (SSSR count). The average molecular weight is 401 g/mol. The van der Waals surface area contributed by atoms with Crippen LogP contribution >= 0.6 is 0 Å². The van der Waals surface area contributed by atoms with Crippen molar-refractivity contribution in [2.45, 2.75) is 32.5 Å². The highest BCUT2D eigenvalue weighted by Crippen LogP contribution is 2.16. The summed E-state index contributed by atoms with van der Waals surface area (Å²) < 4.78 is 28.7. The lowest BCUT2D eigenvalue weighted by molar-refractivity contribution is -0.130. The molecule has 1 amide bonds. The Labute approximate surface area is 166 Å². The number of halogens is 2. The van der Waals surface area contributed by atoms with Gasteiger partial charge in [-0.15, -0.1) is 10.2 Å². The van der Waals surface area contributed by atoms with Crippen molar-refractivity contribution in [2.75, 3.05) is 7.05 Å². The number of aryl methyl sites for hydroxylation is 1. The third-order valence-electron chi connectivity index (χ3n) is 4.23. The summed E-state index contributed by atoms with van der Waals surface area (Å²) in [5.74, 6) is 0.613. The van der Waals surface area contributed by atoms with Gasteiger partial charge in [0.1, 0.15) is 5.75 Å². The quantitative estimate of drug-likeness (QED) is 0.550. The molecule has 2 aromatic carbocycles. The van der Waals surface area contributed by atoms with E-state index in [-0.39, 0.29) is 11.7 Å². The number of carbonyl (C=O) groups is 1. The Hall–Kier alpha value is -3.36. The first kappa shape index (κ1) is 20.4. The molecule has 29 heavy (non-hydrogen) atoms. The third-order valence-corrected chi connectivity index (χ3v) is 4.23. The zero-order valence-electron chi connectivity index (χ0n) is 15.9. The second-order valence-electron chi connectivity index (χ2n) is 6.45. The van der Waals surface area contributed by atoms with Crippen molar-refractivity contribution in [2.24, 2.45) is 0 Å². The van der Waals surface area contributed by atoms with Crippen LogP contribution in [0.25, 0.3) is 11.4 Å². The Balaban J connectivity index is 1.44. The summed E-state index contributed by atoms with van der Waals surface area (Å²) in [6.07, 6.45) is 0.917. The van der Waals surface area contributed by atoms with Crippen LogP contribution in [0.1, 0.15) is 18.4 Å². The fraction of sp³-hybridized carbons (Fsp3) is 0.300. The molecule has 1 aromatic heterocycles. The first-order valence-electron chi connectivity index (χ1n) is 9.12. The number of amides is 1. The van der Waals surface area contributed by atoms with Gasteiger partial charge in [0, 0.05) is 25.6 Å². The first-order valence-corrected chi connectivity index (χ1v) is 9.12. The summed E-state index contributed by atoms with van der Waals surface area (Å²) in [6, 6.07) is 15.8. The van der Waals surface area contributed by atoms with Crippen LogP contribution in [0.15, 0.2) is 54.6 Å². The fourth-order valence-corrected chi connectivity index (χ4v) is 2.74. The molecule has 0 saturated heterocycles. The summed E-state index contributed by atoms with van der Waals surface area (Å²) in [5, 5.41) is 12.4. The molecular formula is C20H21F2N5O2. The number of ether oxygens (including phenoxy) is 1. The van der Waals surface area contributed by atoms with Gasteiger partial charge in [0.25, 0.3) is 0 Å². The SMILES string of the molecule is CN(Cc1ccc(OC(F)F)cc1)C(=O)CCCn1nnc(-c2ccccc2)n1. The Bertz CT molecular complexity index is 916. The molecule has 0 unspecified atom stereocenters. The van der Waals surface area contributed by atoms with Crippen molar-refractivity contribution in [3.8, 4) is 17.1 Å². The smallest absolute Gasteiger partial charge is 0.387 e. The maximum atomic E-state index is 12.3. The lowest BCUT2D eigenvalue weighted by Crippen LogP contribution is -2.26. The van der Waals surface area contributed by atoms with E-state index in [4.69, 9.17) is 0 Å². The van der Waals surface area contributed by atoms with E-state index in [0.29, 0.717) is 31.8 Å². The standard InChI is InChI=1S/C20H21F2N5O2/c1-26(14-15-9-11-17(12-10-15)29-20(21)22)18(28)8-5-13-27-24-19(23-25-27)16-6-3-2-4-7-16/h2-4,6-7,9-12,20H,5,8,13-14H2,1H3.